The quantitative estimate of drug-likeness (QED) is 0.297. The molecule has 0 saturated carbocycles. The molecule has 1 nitrogen and oxygen atoms in total. The SMILES string of the molecule is Brc1ccc2c(c1)oc1cc(-c3ccccc3-c3ccccc3)ccc12. The second-order valence-electron chi connectivity index (χ2n) is 6.37. The molecular weight excluding hydrogens is 384 g/mol. The van der Waals surface area contributed by atoms with E-state index in [2.05, 4.69) is 94.8 Å². The highest BCUT2D eigenvalue weighted by Gasteiger charge is 2.11. The fraction of sp³-hybridized carbons (Fsp3) is 0. The van der Waals surface area contributed by atoms with Crippen LogP contribution < -0.4 is 0 Å². The van der Waals surface area contributed by atoms with Crippen molar-refractivity contribution in [3.05, 3.63) is 95.5 Å². The Kier molecular flexibility index (Phi) is 3.65. The van der Waals surface area contributed by atoms with Gasteiger partial charge in [-0.05, 0) is 52.6 Å². The van der Waals surface area contributed by atoms with Crippen LogP contribution in [0.3, 0.4) is 0 Å². The lowest BCUT2D eigenvalue weighted by atomic mass is 9.94. The van der Waals surface area contributed by atoms with Crippen LogP contribution in [0.1, 0.15) is 0 Å². The highest BCUT2D eigenvalue weighted by molar-refractivity contribution is 9.10. The van der Waals surface area contributed by atoms with Gasteiger partial charge in [-0.1, -0.05) is 76.6 Å². The number of hydrogen-bond donors (Lipinski definition) is 0. The highest BCUT2D eigenvalue weighted by Crippen LogP contribution is 2.36. The average Bonchev–Trinajstić information content (AvgIpc) is 3.05. The minimum absolute atomic E-state index is 0.905. The summed E-state index contributed by atoms with van der Waals surface area (Å²) in [6.45, 7) is 0. The van der Waals surface area contributed by atoms with E-state index in [1.165, 1.54) is 16.7 Å². The molecule has 0 aliphatic rings. The lowest BCUT2D eigenvalue weighted by molar-refractivity contribution is 0.669. The fourth-order valence-electron chi connectivity index (χ4n) is 3.52. The third-order valence-corrected chi connectivity index (χ3v) is 5.25. The zero-order valence-corrected chi connectivity index (χ0v) is 15.5. The van der Waals surface area contributed by atoms with Crippen LogP contribution in [-0.4, -0.2) is 0 Å². The van der Waals surface area contributed by atoms with E-state index >= 15 is 0 Å². The summed E-state index contributed by atoms with van der Waals surface area (Å²) in [5.41, 5.74) is 6.64. The molecule has 0 bridgehead atoms. The van der Waals surface area contributed by atoms with Gasteiger partial charge >= 0.3 is 0 Å². The van der Waals surface area contributed by atoms with Crippen molar-refractivity contribution < 1.29 is 4.42 Å². The normalized spacial score (nSPS) is 11.3. The summed E-state index contributed by atoms with van der Waals surface area (Å²) in [7, 11) is 0. The van der Waals surface area contributed by atoms with Crippen LogP contribution in [0.2, 0.25) is 0 Å². The molecule has 0 saturated heterocycles. The third kappa shape index (κ3) is 2.54. The van der Waals surface area contributed by atoms with Crippen LogP contribution in [0.25, 0.3) is 44.2 Å². The highest BCUT2D eigenvalue weighted by atomic mass is 79.9. The summed E-state index contributed by atoms with van der Waals surface area (Å²) in [6.07, 6.45) is 0. The van der Waals surface area contributed by atoms with Crippen molar-refractivity contribution in [3.8, 4) is 22.3 Å². The molecule has 0 unspecified atom stereocenters. The van der Waals surface area contributed by atoms with Gasteiger partial charge in [0.15, 0.2) is 0 Å². The monoisotopic (exact) mass is 398 g/mol. The number of halogens is 1. The van der Waals surface area contributed by atoms with Gasteiger partial charge in [0, 0.05) is 15.2 Å². The van der Waals surface area contributed by atoms with Crippen molar-refractivity contribution in [1.82, 2.24) is 0 Å². The van der Waals surface area contributed by atoms with Gasteiger partial charge in [-0.2, -0.15) is 0 Å². The average molecular weight is 399 g/mol. The lowest BCUT2D eigenvalue weighted by Crippen LogP contribution is -1.84. The first-order chi connectivity index (χ1) is 12.8. The van der Waals surface area contributed by atoms with Gasteiger partial charge in [-0.25, -0.2) is 0 Å². The Morgan fingerprint density at radius 3 is 1.92 bits per heavy atom. The number of furan rings is 1. The summed E-state index contributed by atoms with van der Waals surface area (Å²) < 4.78 is 7.14. The Hall–Kier alpha value is -2.84. The first kappa shape index (κ1) is 15.4. The van der Waals surface area contributed by atoms with E-state index in [1.54, 1.807) is 0 Å². The van der Waals surface area contributed by atoms with Crippen molar-refractivity contribution in [3.63, 3.8) is 0 Å². The summed E-state index contributed by atoms with van der Waals surface area (Å²) in [5.74, 6) is 0. The van der Waals surface area contributed by atoms with Gasteiger partial charge < -0.3 is 4.42 Å². The summed E-state index contributed by atoms with van der Waals surface area (Å²) in [6, 6.07) is 31.7. The molecule has 1 heterocycles. The predicted octanol–water partition coefficient (Wildman–Crippen LogP) is 7.68. The molecule has 0 N–H and O–H groups in total. The van der Waals surface area contributed by atoms with Gasteiger partial charge in [0.2, 0.25) is 0 Å². The van der Waals surface area contributed by atoms with Crippen LogP contribution in [0, 0.1) is 0 Å². The van der Waals surface area contributed by atoms with E-state index in [9.17, 15) is 0 Å². The van der Waals surface area contributed by atoms with Crippen molar-refractivity contribution in [2.24, 2.45) is 0 Å². The van der Waals surface area contributed by atoms with Gasteiger partial charge in [0.05, 0.1) is 0 Å². The smallest absolute Gasteiger partial charge is 0.136 e. The molecule has 1 aromatic heterocycles. The second kappa shape index (κ2) is 6.15. The number of fused-ring (bicyclic) bond motifs is 3. The first-order valence-electron chi connectivity index (χ1n) is 8.56. The van der Waals surface area contributed by atoms with Gasteiger partial charge in [-0.15, -0.1) is 0 Å². The van der Waals surface area contributed by atoms with Crippen molar-refractivity contribution in [2.75, 3.05) is 0 Å². The predicted molar refractivity (Wildman–Crippen MR) is 112 cm³/mol. The van der Waals surface area contributed by atoms with Gasteiger partial charge in [0.1, 0.15) is 11.2 Å². The van der Waals surface area contributed by atoms with Crippen LogP contribution in [0.5, 0.6) is 0 Å². The molecule has 0 aliphatic carbocycles. The minimum Gasteiger partial charge on any atom is -0.456 e. The molecule has 0 radical (unpaired) electrons. The molecule has 0 amide bonds. The lowest BCUT2D eigenvalue weighted by Gasteiger charge is -2.10. The van der Waals surface area contributed by atoms with Gasteiger partial charge in [-0.3, -0.25) is 0 Å². The Morgan fingerprint density at radius 2 is 1.15 bits per heavy atom. The molecule has 0 spiro atoms. The van der Waals surface area contributed by atoms with Crippen molar-refractivity contribution >= 4 is 37.9 Å². The Labute approximate surface area is 160 Å². The number of hydrogen-bond acceptors (Lipinski definition) is 1. The molecule has 0 fully saturated rings. The maximum Gasteiger partial charge on any atom is 0.136 e. The van der Waals surface area contributed by atoms with E-state index in [4.69, 9.17) is 4.42 Å². The van der Waals surface area contributed by atoms with E-state index in [-0.39, 0.29) is 0 Å². The maximum absolute atomic E-state index is 6.11. The van der Waals surface area contributed by atoms with Crippen molar-refractivity contribution in [2.45, 2.75) is 0 Å². The second-order valence-corrected chi connectivity index (χ2v) is 7.28. The van der Waals surface area contributed by atoms with Gasteiger partial charge in [0.25, 0.3) is 0 Å². The van der Waals surface area contributed by atoms with Crippen LogP contribution in [-0.2, 0) is 0 Å². The molecule has 26 heavy (non-hydrogen) atoms. The molecule has 2 heteroatoms. The molecule has 5 aromatic rings. The summed E-state index contributed by atoms with van der Waals surface area (Å²) >= 11 is 3.52. The molecule has 5 rings (SSSR count). The Bertz CT molecular complexity index is 1240. The summed E-state index contributed by atoms with van der Waals surface area (Å²) in [4.78, 5) is 0. The molecule has 0 atom stereocenters. The zero-order chi connectivity index (χ0) is 17.5. The zero-order valence-electron chi connectivity index (χ0n) is 13.9. The molecule has 0 aliphatic heterocycles. The fourth-order valence-corrected chi connectivity index (χ4v) is 3.86. The standard InChI is InChI=1S/C24H15BrO/c25-18-11-13-22-21-12-10-17(14-23(21)26-24(22)15-18)20-9-5-4-8-19(20)16-6-2-1-3-7-16/h1-15H. The Morgan fingerprint density at radius 1 is 0.538 bits per heavy atom. The van der Waals surface area contributed by atoms with Crippen LogP contribution >= 0.6 is 15.9 Å². The van der Waals surface area contributed by atoms with Crippen LogP contribution in [0.15, 0.2) is 99.9 Å². The molecular formula is C24H15BrO. The number of rotatable bonds is 2. The van der Waals surface area contributed by atoms with Crippen molar-refractivity contribution in [1.29, 1.82) is 0 Å². The van der Waals surface area contributed by atoms with Crippen LogP contribution in [0.4, 0.5) is 0 Å². The topological polar surface area (TPSA) is 13.1 Å². The molecule has 124 valence electrons. The Balaban J connectivity index is 1.72. The third-order valence-electron chi connectivity index (χ3n) is 4.76. The molecule has 4 aromatic carbocycles. The largest absolute Gasteiger partial charge is 0.456 e. The van der Waals surface area contributed by atoms with E-state index in [0.717, 1.165) is 32.0 Å². The minimum atomic E-state index is 0.905. The first-order valence-corrected chi connectivity index (χ1v) is 9.35. The summed E-state index contributed by atoms with van der Waals surface area (Å²) in [5, 5.41) is 2.29. The van der Waals surface area contributed by atoms with E-state index in [1.807, 2.05) is 12.1 Å². The van der Waals surface area contributed by atoms with E-state index in [0.29, 0.717) is 0 Å². The maximum atomic E-state index is 6.11. The number of benzene rings is 4. The van der Waals surface area contributed by atoms with E-state index < -0.39 is 0 Å².